The van der Waals surface area contributed by atoms with E-state index in [1.807, 2.05) is 44.2 Å². The van der Waals surface area contributed by atoms with Gasteiger partial charge in [0.2, 0.25) is 0 Å². The van der Waals surface area contributed by atoms with Crippen molar-refractivity contribution in [2.24, 2.45) is 0 Å². The highest BCUT2D eigenvalue weighted by atomic mass is 32.2. The second kappa shape index (κ2) is 8.67. The van der Waals surface area contributed by atoms with E-state index in [2.05, 4.69) is 44.9 Å². The van der Waals surface area contributed by atoms with Gasteiger partial charge in [-0.05, 0) is 61.2 Å². The number of para-hydroxylation sites is 1. The molecule has 0 unspecified atom stereocenters. The van der Waals surface area contributed by atoms with Crippen LogP contribution in [0.25, 0.3) is 28.0 Å². The molecule has 0 atom stereocenters. The highest BCUT2D eigenvalue weighted by Crippen LogP contribution is 2.32. The maximum absolute atomic E-state index is 12.3. The molecular weight excluding hydrogens is 432 g/mol. The van der Waals surface area contributed by atoms with E-state index < -0.39 is 0 Å². The van der Waals surface area contributed by atoms with E-state index in [9.17, 15) is 4.79 Å². The van der Waals surface area contributed by atoms with Crippen molar-refractivity contribution in [2.45, 2.75) is 31.7 Å². The molecule has 33 heavy (non-hydrogen) atoms. The van der Waals surface area contributed by atoms with Crippen molar-refractivity contribution >= 4 is 22.7 Å². The van der Waals surface area contributed by atoms with Crippen LogP contribution in [-0.4, -0.2) is 19.7 Å². The summed E-state index contributed by atoms with van der Waals surface area (Å²) in [6, 6.07) is 17.6. The van der Waals surface area contributed by atoms with E-state index in [1.54, 1.807) is 30.2 Å². The van der Waals surface area contributed by atoms with Crippen molar-refractivity contribution in [3.8, 4) is 17.1 Å². The first-order chi connectivity index (χ1) is 16.0. The monoisotopic (exact) mass is 454 g/mol. The Labute approximate surface area is 195 Å². The van der Waals surface area contributed by atoms with Gasteiger partial charge < -0.3 is 4.42 Å². The van der Waals surface area contributed by atoms with Crippen molar-refractivity contribution < 1.29 is 4.42 Å². The molecule has 0 saturated carbocycles. The molecule has 3 aromatic heterocycles. The van der Waals surface area contributed by atoms with Gasteiger partial charge in [0.1, 0.15) is 5.58 Å². The number of rotatable bonds is 5. The fourth-order valence-electron chi connectivity index (χ4n) is 3.86. The number of nitrogens with zero attached hydrogens (tertiary/aromatic N) is 4. The third kappa shape index (κ3) is 3.96. The number of thioether (sulfide) groups is 1. The molecule has 0 N–H and O–H groups in total. The molecule has 0 aliphatic carbocycles. The lowest BCUT2D eigenvalue weighted by molar-refractivity contribution is 0.557. The molecule has 0 aliphatic heterocycles. The summed E-state index contributed by atoms with van der Waals surface area (Å²) < 4.78 is 7.59. The topological polar surface area (TPSA) is 73.8 Å². The zero-order chi connectivity index (χ0) is 22.9. The number of hydrogen-bond acceptors (Lipinski definition) is 6. The van der Waals surface area contributed by atoms with Crippen LogP contribution in [0.3, 0.4) is 0 Å². The molecule has 0 radical (unpaired) electrons. The fraction of sp³-hybridized carbons (Fsp3) is 0.154. The van der Waals surface area contributed by atoms with Crippen molar-refractivity contribution in [3.63, 3.8) is 0 Å². The predicted molar refractivity (Wildman–Crippen MR) is 131 cm³/mol. The smallest absolute Gasteiger partial charge is 0.336 e. The Hall–Kier alpha value is -3.71. The van der Waals surface area contributed by atoms with Crippen LogP contribution < -0.4 is 5.63 Å². The first-order valence-electron chi connectivity index (χ1n) is 10.6. The zero-order valence-corrected chi connectivity index (χ0v) is 19.4. The largest absolute Gasteiger partial charge is 0.422 e. The summed E-state index contributed by atoms with van der Waals surface area (Å²) in [6.45, 7) is 6.06. The summed E-state index contributed by atoms with van der Waals surface area (Å²) in [5, 5.41) is 10.7. The average molecular weight is 455 g/mol. The molecule has 6 nitrogen and oxygen atoms in total. The number of fused-ring (bicyclic) bond motifs is 1. The van der Waals surface area contributed by atoms with Crippen LogP contribution in [-0.2, 0) is 5.75 Å². The van der Waals surface area contributed by atoms with Crippen LogP contribution >= 0.6 is 11.8 Å². The molecule has 0 aliphatic rings. The van der Waals surface area contributed by atoms with Crippen LogP contribution in [0.15, 0.2) is 81.4 Å². The van der Waals surface area contributed by atoms with Gasteiger partial charge in [0.05, 0.1) is 5.69 Å². The van der Waals surface area contributed by atoms with Gasteiger partial charge in [-0.2, -0.15) is 0 Å². The van der Waals surface area contributed by atoms with Gasteiger partial charge in [-0.15, -0.1) is 10.2 Å². The molecule has 3 heterocycles. The Balaban J connectivity index is 1.59. The summed E-state index contributed by atoms with van der Waals surface area (Å²) in [5.41, 5.74) is 6.30. The SMILES string of the molecule is Cc1ccccc1-n1c(SCc2cc(=O)oc3c(C)c(C)ccc23)nnc1-c1cccnc1. The number of benzene rings is 2. The molecule has 5 rings (SSSR count). The zero-order valence-electron chi connectivity index (χ0n) is 18.6. The number of pyridine rings is 1. The van der Waals surface area contributed by atoms with Crippen LogP contribution in [0.2, 0.25) is 0 Å². The Bertz CT molecular complexity index is 1520. The van der Waals surface area contributed by atoms with Crippen molar-refractivity contribution in [1.29, 1.82) is 0 Å². The number of hydrogen-bond donors (Lipinski definition) is 0. The summed E-state index contributed by atoms with van der Waals surface area (Å²) in [5.74, 6) is 1.28. The maximum atomic E-state index is 12.3. The molecule has 0 fully saturated rings. The number of aryl methyl sites for hydroxylation is 3. The lowest BCUT2D eigenvalue weighted by Gasteiger charge is -2.13. The maximum Gasteiger partial charge on any atom is 0.336 e. The Kier molecular flexibility index (Phi) is 5.56. The summed E-state index contributed by atoms with van der Waals surface area (Å²) in [7, 11) is 0. The first kappa shape index (κ1) is 21.2. The minimum absolute atomic E-state index is 0.344. The molecular formula is C26H22N4O2S. The van der Waals surface area contributed by atoms with Crippen LogP contribution in [0, 0.1) is 20.8 Å². The molecule has 0 amide bonds. The second-order valence-corrected chi connectivity index (χ2v) is 8.88. The highest BCUT2D eigenvalue weighted by Gasteiger charge is 2.18. The summed E-state index contributed by atoms with van der Waals surface area (Å²) in [4.78, 5) is 16.5. The highest BCUT2D eigenvalue weighted by molar-refractivity contribution is 7.98. The number of aromatic nitrogens is 4. The van der Waals surface area contributed by atoms with Crippen molar-refractivity contribution in [3.05, 3.63) is 99.7 Å². The van der Waals surface area contributed by atoms with Crippen LogP contribution in [0.4, 0.5) is 0 Å². The van der Waals surface area contributed by atoms with E-state index in [0.29, 0.717) is 11.3 Å². The second-order valence-electron chi connectivity index (χ2n) is 7.93. The molecule has 164 valence electrons. The Morgan fingerprint density at radius 2 is 1.82 bits per heavy atom. The van der Waals surface area contributed by atoms with Gasteiger partial charge in [0.15, 0.2) is 11.0 Å². The molecule has 2 aromatic carbocycles. The van der Waals surface area contributed by atoms with Crippen LogP contribution in [0.5, 0.6) is 0 Å². The van der Waals surface area contributed by atoms with Gasteiger partial charge in [-0.3, -0.25) is 9.55 Å². The van der Waals surface area contributed by atoms with Gasteiger partial charge in [0, 0.05) is 35.2 Å². The minimum Gasteiger partial charge on any atom is -0.422 e. The van der Waals surface area contributed by atoms with E-state index in [-0.39, 0.29) is 5.63 Å². The first-order valence-corrected chi connectivity index (χ1v) is 11.6. The predicted octanol–water partition coefficient (Wildman–Crippen LogP) is 5.65. The quantitative estimate of drug-likeness (QED) is 0.252. The normalized spacial score (nSPS) is 11.2. The van der Waals surface area contributed by atoms with E-state index >= 15 is 0 Å². The molecule has 0 saturated heterocycles. The lowest BCUT2D eigenvalue weighted by Crippen LogP contribution is -2.03. The molecule has 5 aromatic rings. The summed E-state index contributed by atoms with van der Waals surface area (Å²) >= 11 is 1.54. The standard InChI is InChI=1S/C26H22N4O2S/c1-16-10-11-21-20(13-23(31)32-24(21)18(16)3)15-33-26-29-28-25(19-8-6-12-27-14-19)30(26)22-9-5-4-7-17(22)2/h4-14H,15H2,1-3H3. The lowest BCUT2D eigenvalue weighted by atomic mass is 10.0. The Morgan fingerprint density at radius 3 is 2.61 bits per heavy atom. The fourth-order valence-corrected chi connectivity index (χ4v) is 4.80. The third-order valence-electron chi connectivity index (χ3n) is 5.78. The van der Waals surface area contributed by atoms with Gasteiger partial charge in [0.25, 0.3) is 0 Å². The van der Waals surface area contributed by atoms with E-state index in [4.69, 9.17) is 4.42 Å². The average Bonchev–Trinajstić information content (AvgIpc) is 3.25. The van der Waals surface area contributed by atoms with Gasteiger partial charge in [-0.1, -0.05) is 42.1 Å². The van der Waals surface area contributed by atoms with Gasteiger partial charge in [-0.25, -0.2) is 4.79 Å². The summed E-state index contributed by atoms with van der Waals surface area (Å²) in [6.07, 6.45) is 3.53. The molecule has 0 spiro atoms. The minimum atomic E-state index is -0.344. The molecule has 0 bridgehead atoms. The van der Waals surface area contributed by atoms with Crippen LogP contribution in [0.1, 0.15) is 22.3 Å². The van der Waals surface area contributed by atoms with E-state index in [1.165, 1.54) is 0 Å². The van der Waals surface area contributed by atoms with Crippen molar-refractivity contribution in [1.82, 2.24) is 19.7 Å². The van der Waals surface area contributed by atoms with E-state index in [0.717, 1.165) is 49.9 Å². The Morgan fingerprint density at radius 1 is 0.970 bits per heavy atom. The third-order valence-corrected chi connectivity index (χ3v) is 6.76. The van der Waals surface area contributed by atoms with Gasteiger partial charge >= 0.3 is 5.63 Å². The molecule has 7 heteroatoms. The van der Waals surface area contributed by atoms with Crippen molar-refractivity contribution in [2.75, 3.05) is 0 Å².